The van der Waals surface area contributed by atoms with Crippen LogP contribution >= 0.6 is 11.3 Å². The first-order valence-corrected chi connectivity index (χ1v) is 19.0. The van der Waals surface area contributed by atoms with Crippen molar-refractivity contribution in [3.8, 4) is 34.4 Å². The van der Waals surface area contributed by atoms with Gasteiger partial charge in [0.05, 0.1) is 10.6 Å². The summed E-state index contributed by atoms with van der Waals surface area (Å²) in [6.45, 7) is 0. The number of rotatable bonds is 12. The van der Waals surface area contributed by atoms with Gasteiger partial charge in [-0.05, 0) is 35.9 Å². The Morgan fingerprint density at radius 2 is 1.64 bits per heavy atom. The number of H-pyrrole nitrogens is 2. The molecule has 0 saturated heterocycles. The summed E-state index contributed by atoms with van der Waals surface area (Å²) >= 11 is 0.749. The van der Waals surface area contributed by atoms with Crippen LogP contribution in [0.5, 0.6) is 0 Å². The molecule has 0 amide bonds. The van der Waals surface area contributed by atoms with E-state index in [1.54, 1.807) is 54.6 Å². The van der Waals surface area contributed by atoms with Gasteiger partial charge in [-0.15, -0.1) is 20.5 Å². The molecule has 0 unspecified atom stereocenters. The number of nitrogens with two attached hydrogens (primary N) is 1. The quantitative estimate of drug-likeness (QED) is 0.0322. The van der Waals surface area contributed by atoms with Crippen LogP contribution in [-0.4, -0.2) is 64.1 Å². The van der Waals surface area contributed by atoms with E-state index in [1.165, 1.54) is 7.05 Å². The van der Waals surface area contributed by atoms with E-state index in [0.29, 0.717) is 28.9 Å². The first-order valence-electron chi connectivity index (χ1n) is 15.3. The Morgan fingerprint density at radius 1 is 0.929 bits per heavy atom. The Balaban J connectivity index is 1.54. The Morgan fingerprint density at radius 3 is 2.29 bits per heavy atom. The third-order valence-corrected chi connectivity index (χ3v) is 10.0. The number of aromatic amines is 2. The molecule has 0 aliphatic carbocycles. The van der Waals surface area contributed by atoms with Gasteiger partial charge in [0.25, 0.3) is 20.2 Å². The van der Waals surface area contributed by atoms with Crippen molar-refractivity contribution in [2.24, 2.45) is 25.4 Å². The van der Waals surface area contributed by atoms with Crippen LogP contribution in [0.15, 0.2) is 118 Å². The number of aliphatic imine (C=N–C) groups is 1. The fourth-order valence-electron chi connectivity index (χ4n) is 4.88. The number of hydrogen-bond acceptors (Lipinski definition) is 18. The summed E-state index contributed by atoms with van der Waals surface area (Å²) in [4.78, 5) is 39.4. The Hall–Kier alpha value is -7.08. The molecule has 3 heterocycles. The van der Waals surface area contributed by atoms with Crippen molar-refractivity contribution in [3.05, 3.63) is 99.3 Å². The van der Waals surface area contributed by atoms with Crippen LogP contribution in [0.25, 0.3) is 28.3 Å². The van der Waals surface area contributed by atoms with Gasteiger partial charge >= 0.3 is 11.4 Å². The zero-order valence-electron chi connectivity index (χ0n) is 28.1. The molecule has 0 saturated carbocycles. The molecule has 22 nitrogen and oxygen atoms in total. The standard InChI is InChI=1S/C31H23N13O9S3/c1-34-53-15-35-18-9-7-16(8-10-18)23-20(14-32)27(54-28(23)42-39-21-13-19(55(47,48)49)11-12-22(21)56(50,51)52)41-40-25-24(17-5-3-2-4-6-17)43-44(26(25)33)29-36-30(45)38-31(46)37-29/h2-13,15,34H,33H2,1H3,(H,47,48,49)(H,50,51,52)(H2,36,37,38,45,46). The van der Waals surface area contributed by atoms with Crippen molar-refractivity contribution in [1.82, 2.24) is 30.2 Å². The molecule has 3 aromatic carbocycles. The number of hydrogen-bond donors (Lipinski definition) is 6. The highest BCUT2D eigenvalue weighted by Gasteiger charge is 2.25. The normalized spacial score (nSPS) is 12.2. The van der Waals surface area contributed by atoms with Crippen LogP contribution in [0.4, 0.5) is 32.9 Å². The highest BCUT2D eigenvalue weighted by atomic mass is 32.2. The monoisotopic (exact) mass is 817 g/mol. The van der Waals surface area contributed by atoms with E-state index in [1.807, 2.05) is 4.98 Å². The molecule has 25 heteroatoms. The minimum absolute atomic E-state index is 0.0630. The van der Waals surface area contributed by atoms with Crippen molar-refractivity contribution in [3.63, 3.8) is 0 Å². The van der Waals surface area contributed by atoms with Crippen LogP contribution in [0.1, 0.15) is 5.56 Å². The third kappa shape index (κ3) is 8.34. The smallest absolute Gasteiger partial charge is 0.352 e. The van der Waals surface area contributed by atoms with Crippen LogP contribution in [0.3, 0.4) is 0 Å². The third-order valence-electron chi connectivity index (χ3n) is 7.30. The average molecular weight is 818 g/mol. The average Bonchev–Trinajstić information content (AvgIpc) is 3.68. The minimum atomic E-state index is -4.98. The number of nitriles is 1. The second-order valence-electron chi connectivity index (χ2n) is 10.8. The number of benzene rings is 3. The molecule has 3 aromatic heterocycles. The van der Waals surface area contributed by atoms with Crippen LogP contribution in [0.2, 0.25) is 0 Å². The zero-order chi connectivity index (χ0) is 40.2. The first-order chi connectivity index (χ1) is 26.7. The molecule has 0 fully saturated rings. The highest BCUT2D eigenvalue weighted by Crippen LogP contribution is 2.49. The largest absolute Gasteiger partial charge is 0.397 e. The summed E-state index contributed by atoms with van der Waals surface area (Å²) in [5.41, 5.74) is 7.72. The lowest BCUT2D eigenvalue weighted by Crippen LogP contribution is -2.28. The molecule has 7 N–H and O–H groups in total. The number of nitrogens with zero attached hydrogens (tertiary/aromatic N) is 9. The number of nitrogens with one attached hydrogen (secondary N) is 3. The summed E-state index contributed by atoms with van der Waals surface area (Å²) in [6.07, 6.45) is 1.15. The zero-order valence-corrected chi connectivity index (χ0v) is 30.5. The molecule has 0 spiro atoms. The van der Waals surface area contributed by atoms with Crippen molar-refractivity contribution in [2.75, 3.05) is 12.8 Å². The molecular weight excluding hydrogens is 795 g/mol. The van der Waals surface area contributed by atoms with E-state index in [-0.39, 0.29) is 44.3 Å². The van der Waals surface area contributed by atoms with E-state index in [2.05, 4.69) is 52.1 Å². The maximum atomic E-state index is 12.1. The van der Waals surface area contributed by atoms with E-state index in [0.717, 1.165) is 28.5 Å². The molecule has 6 aromatic rings. The van der Waals surface area contributed by atoms with Crippen LogP contribution in [0, 0.1) is 11.3 Å². The SMILES string of the molecule is CNOC=Nc1ccc(-c2c(N=Nc3cc(S(=O)(=O)O)ccc3S(=O)(=O)O)sc(N=Nc3c(-c4ccccc4)nn(-c4nc(=O)[nH]c(=O)[nH]4)c3N)c2C#N)cc1. The molecule has 56 heavy (non-hydrogen) atoms. The van der Waals surface area contributed by atoms with Crippen molar-refractivity contribution >= 4 is 70.9 Å². The molecule has 0 aliphatic rings. The van der Waals surface area contributed by atoms with Gasteiger partial charge in [0.1, 0.15) is 32.9 Å². The summed E-state index contributed by atoms with van der Waals surface area (Å²) in [6, 6.07) is 19.0. The van der Waals surface area contributed by atoms with E-state index in [9.17, 15) is 40.8 Å². The summed E-state index contributed by atoms with van der Waals surface area (Å²) < 4.78 is 68.3. The minimum Gasteiger partial charge on any atom is -0.397 e. The number of hydroxylamine groups is 1. The second kappa shape index (κ2) is 15.7. The van der Waals surface area contributed by atoms with Crippen molar-refractivity contribution < 1.29 is 30.8 Å². The fraction of sp³-hybridized carbons (Fsp3) is 0.0323. The van der Waals surface area contributed by atoms with Gasteiger partial charge in [-0.3, -0.25) is 19.1 Å². The van der Waals surface area contributed by atoms with Gasteiger partial charge in [-0.1, -0.05) is 53.8 Å². The maximum Gasteiger partial charge on any atom is 0.352 e. The molecule has 284 valence electrons. The van der Waals surface area contributed by atoms with Gasteiger partial charge in [0.15, 0.2) is 16.5 Å². The van der Waals surface area contributed by atoms with Gasteiger partial charge in [-0.25, -0.2) is 14.6 Å². The van der Waals surface area contributed by atoms with Crippen LogP contribution in [-0.2, 0) is 25.1 Å². The van der Waals surface area contributed by atoms with E-state index >= 15 is 0 Å². The molecule has 0 bridgehead atoms. The lowest BCUT2D eigenvalue weighted by atomic mass is 10.0. The van der Waals surface area contributed by atoms with E-state index < -0.39 is 47.1 Å². The van der Waals surface area contributed by atoms with Gasteiger partial charge in [-0.2, -0.15) is 42.3 Å². The van der Waals surface area contributed by atoms with Crippen molar-refractivity contribution in [2.45, 2.75) is 9.79 Å². The summed E-state index contributed by atoms with van der Waals surface area (Å²) in [7, 11) is -8.30. The molecule has 6 rings (SSSR count). The number of nitrogen functional groups attached to an aromatic ring is 1. The first kappa shape index (κ1) is 38.6. The molecular formula is C31H23N13O9S3. The second-order valence-corrected chi connectivity index (χ2v) is 14.6. The van der Waals surface area contributed by atoms with Crippen molar-refractivity contribution in [1.29, 1.82) is 5.26 Å². The Kier molecular flexibility index (Phi) is 10.8. The van der Waals surface area contributed by atoms with Gasteiger partial charge < -0.3 is 10.6 Å². The Labute approximate surface area is 317 Å². The van der Waals surface area contributed by atoms with Gasteiger partial charge in [0, 0.05) is 18.2 Å². The van der Waals surface area contributed by atoms with Gasteiger partial charge in [0.2, 0.25) is 12.3 Å². The van der Waals surface area contributed by atoms with Crippen LogP contribution < -0.4 is 22.6 Å². The molecule has 0 atom stereocenters. The predicted octanol–water partition coefficient (Wildman–Crippen LogP) is 4.63. The molecule has 0 aliphatic heterocycles. The maximum absolute atomic E-state index is 12.1. The summed E-state index contributed by atoms with van der Waals surface area (Å²) in [5, 5.41) is 31.3. The number of azo groups is 2. The highest BCUT2D eigenvalue weighted by molar-refractivity contribution is 7.86. The summed E-state index contributed by atoms with van der Waals surface area (Å²) in [5.74, 6) is -0.548. The number of aromatic nitrogens is 5. The molecule has 0 radical (unpaired) electrons. The fourth-order valence-corrected chi connectivity index (χ4v) is 6.90. The number of thiophene rings is 1. The topological polar surface area (TPSA) is 338 Å². The Bertz CT molecular complexity index is 2920. The lowest BCUT2D eigenvalue weighted by molar-refractivity contribution is 0.222. The lowest BCUT2D eigenvalue weighted by Gasteiger charge is -2.05. The predicted molar refractivity (Wildman–Crippen MR) is 200 cm³/mol. The number of anilines is 1. The van der Waals surface area contributed by atoms with E-state index in [4.69, 9.17) is 10.6 Å².